The molecule has 0 aromatic heterocycles. The maximum absolute atomic E-state index is 13.5. The van der Waals surface area contributed by atoms with Crippen molar-refractivity contribution < 1.29 is 27.5 Å². The van der Waals surface area contributed by atoms with Gasteiger partial charge in [0.1, 0.15) is 19.3 Å². The van der Waals surface area contributed by atoms with Gasteiger partial charge in [-0.1, -0.05) is 44.2 Å². The maximum atomic E-state index is 13.5. The van der Waals surface area contributed by atoms with Crippen molar-refractivity contribution in [1.29, 1.82) is 0 Å². The van der Waals surface area contributed by atoms with Crippen LogP contribution in [0.5, 0.6) is 11.5 Å². The van der Waals surface area contributed by atoms with E-state index in [0.29, 0.717) is 56.2 Å². The maximum Gasteiger partial charge on any atom is 0.243 e. The second-order valence-electron chi connectivity index (χ2n) is 9.83. The van der Waals surface area contributed by atoms with E-state index in [0.717, 1.165) is 18.2 Å². The molecule has 3 rings (SSSR count). The number of sulfonamides is 1. The number of nitrogens with zero attached hydrogens (tertiary/aromatic N) is 2. The second-order valence-corrected chi connectivity index (χ2v) is 11.7. The topological polar surface area (TPSA) is 105 Å². The molecule has 2 aromatic rings. The van der Waals surface area contributed by atoms with Gasteiger partial charge in [-0.2, -0.15) is 0 Å². The van der Waals surface area contributed by atoms with Crippen LogP contribution in [0.2, 0.25) is 0 Å². The number of amides is 2. The number of carbonyl (C=O) groups excluding carboxylic acids is 2. The van der Waals surface area contributed by atoms with Gasteiger partial charge in [0.15, 0.2) is 11.5 Å². The first-order valence-electron chi connectivity index (χ1n) is 13.6. The van der Waals surface area contributed by atoms with Gasteiger partial charge in [0.05, 0.1) is 11.9 Å². The van der Waals surface area contributed by atoms with E-state index >= 15 is 0 Å². The summed E-state index contributed by atoms with van der Waals surface area (Å²) in [4.78, 5) is 28.3. The molecule has 0 spiro atoms. The van der Waals surface area contributed by atoms with E-state index in [1.165, 1.54) is 4.31 Å². The quantitative estimate of drug-likeness (QED) is 0.378. The third-order valence-electron chi connectivity index (χ3n) is 6.84. The number of ether oxygens (including phenoxy) is 2. The Balaban J connectivity index is 1.73. The summed E-state index contributed by atoms with van der Waals surface area (Å²) in [5.74, 6) is 0.729. The van der Waals surface area contributed by atoms with Gasteiger partial charge in [-0.25, -0.2) is 8.42 Å². The Kier molecular flexibility index (Phi) is 11.0. The van der Waals surface area contributed by atoms with Crippen LogP contribution in [0.4, 0.5) is 5.69 Å². The highest BCUT2D eigenvalue weighted by Gasteiger charge is 2.29. The van der Waals surface area contributed by atoms with Crippen molar-refractivity contribution in [2.24, 2.45) is 0 Å². The zero-order chi connectivity index (χ0) is 28.4. The summed E-state index contributed by atoms with van der Waals surface area (Å²) in [7, 11) is -3.61. The third-order valence-corrected chi connectivity index (χ3v) is 8.03. The monoisotopic (exact) mass is 559 g/mol. The van der Waals surface area contributed by atoms with Crippen molar-refractivity contribution in [2.45, 2.75) is 65.0 Å². The Hall–Kier alpha value is -3.27. The number of nitrogens with one attached hydrogen (secondary N) is 1. The lowest BCUT2D eigenvalue weighted by Gasteiger charge is -2.32. The molecule has 1 aliphatic rings. The van der Waals surface area contributed by atoms with Crippen LogP contribution in [0.1, 0.15) is 52.0 Å². The van der Waals surface area contributed by atoms with Gasteiger partial charge in [0.25, 0.3) is 0 Å². The van der Waals surface area contributed by atoms with Gasteiger partial charge in [-0.15, -0.1) is 0 Å². The van der Waals surface area contributed by atoms with Gasteiger partial charge in [-0.3, -0.25) is 13.9 Å². The molecule has 1 N–H and O–H groups in total. The van der Waals surface area contributed by atoms with E-state index in [2.05, 4.69) is 5.32 Å². The van der Waals surface area contributed by atoms with Gasteiger partial charge in [0, 0.05) is 31.6 Å². The largest absolute Gasteiger partial charge is 0.486 e. The van der Waals surface area contributed by atoms with Crippen molar-refractivity contribution in [3.05, 3.63) is 54.1 Å². The van der Waals surface area contributed by atoms with E-state index in [-0.39, 0.29) is 30.8 Å². The Bertz CT molecular complexity index is 1200. The molecule has 1 aliphatic heterocycles. The first-order chi connectivity index (χ1) is 18.6. The highest BCUT2D eigenvalue weighted by atomic mass is 32.2. The van der Waals surface area contributed by atoms with Crippen LogP contribution in [0.3, 0.4) is 0 Å². The first-order valence-corrected chi connectivity index (χ1v) is 15.5. The Morgan fingerprint density at radius 1 is 0.974 bits per heavy atom. The standard InChI is InChI=1S/C29H41N3O6S/c1-5-22(3)30-29(34)25(6-2)31(18-16-23-11-8-7-9-12-23)28(33)13-10-17-32(39(4,35)36)24-14-15-26-27(21-24)38-20-19-37-26/h7-9,11-12,14-15,21-22,25H,5-6,10,13,16-20H2,1-4H3,(H,30,34)/t22-,25+/m1/s1. The number of fused-ring (bicyclic) bond motifs is 1. The molecule has 2 atom stereocenters. The van der Waals surface area contributed by atoms with Crippen molar-refractivity contribution >= 4 is 27.5 Å². The molecule has 0 fully saturated rings. The molecule has 0 bridgehead atoms. The Labute approximate surface area is 232 Å². The van der Waals surface area contributed by atoms with Crippen molar-refractivity contribution in [2.75, 3.05) is 36.9 Å². The number of hydrogen-bond donors (Lipinski definition) is 1. The summed E-state index contributed by atoms with van der Waals surface area (Å²) in [5.41, 5.74) is 1.53. The number of anilines is 1. The Morgan fingerprint density at radius 2 is 1.67 bits per heavy atom. The lowest BCUT2D eigenvalue weighted by Crippen LogP contribution is -2.51. The van der Waals surface area contributed by atoms with Gasteiger partial charge < -0.3 is 19.7 Å². The normalized spacial score (nSPS) is 14.3. The molecule has 0 saturated heterocycles. The van der Waals surface area contributed by atoms with E-state index in [1.807, 2.05) is 51.1 Å². The lowest BCUT2D eigenvalue weighted by atomic mass is 10.1. The average Bonchev–Trinajstić information content (AvgIpc) is 2.92. The molecule has 9 nitrogen and oxygen atoms in total. The van der Waals surface area contributed by atoms with E-state index in [9.17, 15) is 18.0 Å². The molecule has 0 radical (unpaired) electrons. The molecule has 0 aliphatic carbocycles. The molecule has 39 heavy (non-hydrogen) atoms. The number of carbonyl (C=O) groups is 2. The average molecular weight is 560 g/mol. The van der Waals surface area contributed by atoms with Crippen molar-refractivity contribution in [3.63, 3.8) is 0 Å². The van der Waals surface area contributed by atoms with Crippen LogP contribution in [0, 0.1) is 0 Å². The predicted octanol–water partition coefficient (Wildman–Crippen LogP) is 3.77. The molecule has 2 aromatic carbocycles. The molecule has 1 heterocycles. The van der Waals surface area contributed by atoms with Crippen molar-refractivity contribution in [1.82, 2.24) is 10.2 Å². The van der Waals surface area contributed by atoms with Crippen LogP contribution in [0.25, 0.3) is 0 Å². The summed E-state index contributed by atoms with van der Waals surface area (Å²) in [6.07, 6.45) is 3.44. The molecule has 10 heteroatoms. The summed E-state index contributed by atoms with van der Waals surface area (Å²) < 4.78 is 37.7. The summed E-state index contributed by atoms with van der Waals surface area (Å²) in [5, 5.41) is 3.01. The second kappa shape index (κ2) is 14.2. The number of benzene rings is 2. The third kappa shape index (κ3) is 8.61. The summed E-state index contributed by atoms with van der Waals surface area (Å²) >= 11 is 0. The zero-order valence-corrected chi connectivity index (χ0v) is 24.2. The summed E-state index contributed by atoms with van der Waals surface area (Å²) in [6, 6.07) is 14.3. The van der Waals surface area contributed by atoms with Crippen LogP contribution in [-0.4, -0.2) is 69.8 Å². The molecule has 214 valence electrons. The van der Waals surface area contributed by atoms with Crippen LogP contribution in [-0.2, 0) is 26.0 Å². The van der Waals surface area contributed by atoms with Gasteiger partial charge >= 0.3 is 0 Å². The fourth-order valence-electron chi connectivity index (χ4n) is 4.53. The van der Waals surface area contributed by atoms with E-state index < -0.39 is 16.1 Å². The van der Waals surface area contributed by atoms with Crippen molar-refractivity contribution in [3.8, 4) is 11.5 Å². The minimum atomic E-state index is -3.61. The molecule has 0 unspecified atom stereocenters. The van der Waals surface area contributed by atoms with E-state index in [1.54, 1.807) is 23.1 Å². The predicted molar refractivity (Wildman–Crippen MR) is 153 cm³/mol. The van der Waals surface area contributed by atoms with Gasteiger partial charge in [-0.05, 0) is 50.3 Å². The fourth-order valence-corrected chi connectivity index (χ4v) is 5.49. The highest BCUT2D eigenvalue weighted by molar-refractivity contribution is 7.92. The minimum Gasteiger partial charge on any atom is -0.486 e. The lowest BCUT2D eigenvalue weighted by molar-refractivity contribution is -0.141. The SMILES string of the molecule is CC[C@@H](C)NC(=O)[C@H](CC)N(CCc1ccccc1)C(=O)CCCN(c1ccc2c(c1)OCCO2)S(C)(=O)=O. The fraction of sp³-hybridized carbons (Fsp3) is 0.517. The Morgan fingerprint density at radius 3 is 2.31 bits per heavy atom. The van der Waals surface area contributed by atoms with Crippen LogP contribution in [0.15, 0.2) is 48.5 Å². The number of hydrogen-bond acceptors (Lipinski definition) is 6. The first kappa shape index (κ1) is 30.3. The smallest absolute Gasteiger partial charge is 0.243 e. The molecular formula is C29H41N3O6S. The molecular weight excluding hydrogens is 518 g/mol. The molecule has 2 amide bonds. The summed E-state index contributed by atoms with van der Waals surface area (Å²) in [6.45, 7) is 7.19. The highest BCUT2D eigenvalue weighted by Crippen LogP contribution is 2.34. The number of rotatable bonds is 14. The van der Waals surface area contributed by atoms with Crippen LogP contribution < -0.4 is 19.1 Å². The van der Waals surface area contributed by atoms with Gasteiger partial charge in [0.2, 0.25) is 21.8 Å². The zero-order valence-electron chi connectivity index (χ0n) is 23.4. The van der Waals surface area contributed by atoms with E-state index in [4.69, 9.17) is 9.47 Å². The molecule has 0 saturated carbocycles. The minimum absolute atomic E-state index is 0.00643. The van der Waals surface area contributed by atoms with Crippen LogP contribution >= 0.6 is 0 Å².